The predicted molar refractivity (Wildman–Crippen MR) is 68.6 cm³/mol. The van der Waals surface area contributed by atoms with Crippen LogP contribution in [0.1, 0.15) is 38.7 Å². The molecule has 0 aliphatic carbocycles. The number of nitrogens with one attached hydrogen (secondary N) is 1. The number of aliphatic hydroxyl groups is 1. The van der Waals surface area contributed by atoms with E-state index >= 15 is 0 Å². The summed E-state index contributed by atoms with van der Waals surface area (Å²) in [6.07, 6.45) is 2.24. The van der Waals surface area contributed by atoms with Crippen molar-refractivity contribution in [2.75, 3.05) is 6.54 Å². The van der Waals surface area contributed by atoms with Gasteiger partial charge in [0.1, 0.15) is 5.82 Å². The van der Waals surface area contributed by atoms with Crippen molar-refractivity contribution >= 4 is 0 Å². The fourth-order valence-electron chi connectivity index (χ4n) is 1.75. The van der Waals surface area contributed by atoms with Gasteiger partial charge < -0.3 is 10.4 Å². The second-order valence-corrected chi connectivity index (χ2v) is 5.64. The molecule has 0 radical (unpaired) electrons. The van der Waals surface area contributed by atoms with Crippen LogP contribution in [0.4, 0.5) is 0 Å². The Morgan fingerprint density at radius 1 is 1.41 bits per heavy atom. The number of rotatable bonds is 5. The van der Waals surface area contributed by atoms with E-state index in [1.807, 2.05) is 13.0 Å². The molecule has 0 fully saturated rings. The number of hydrogen-bond acceptors (Lipinski definition) is 4. The van der Waals surface area contributed by atoms with Crippen molar-refractivity contribution in [2.24, 2.45) is 5.41 Å². The van der Waals surface area contributed by atoms with Gasteiger partial charge in [0.05, 0.1) is 11.8 Å². The molecule has 0 aliphatic heterocycles. The molecule has 1 aromatic heterocycles. The molecule has 0 bridgehead atoms. The van der Waals surface area contributed by atoms with Crippen LogP contribution in [-0.4, -0.2) is 27.7 Å². The average molecular weight is 237 g/mol. The summed E-state index contributed by atoms with van der Waals surface area (Å²) in [5.74, 6) is 0.777. The van der Waals surface area contributed by atoms with Crippen molar-refractivity contribution in [3.63, 3.8) is 0 Å². The lowest BCUT2D eigenvalue weighted by atomic mass is 9.89. The van der Waals surface area contributed by atoms with Crippen LogP contribution in [-0.2, 0) is 6.54 Å². The highest BCUT2D eigenvalue weighted by molar-refractivity contribution is 5.00. The van der Waals surface area contributed by atoms with E-state index in [9.17, 15) is 5.11 Å². The maximum absolute atomic E-state index is 9.82. The molecular formula is C13H23N3O. The van der Waals surface area contributed by atoms with Crippen molar-refractivity contribution in [2.45, 2.75) is 46.8 Å². The molecule has 1 unspecified atom stereocenters. The molecule has 96 valence electrons. The van der Waals surface area contributed by atoms with Gasteiger partial charge in [-0.1, -0.05) is 20.8 Å². The average Bonchev–Trinajstić information content (AvgIpc) is 2.14. The van der Waals surface area contributed by atoms with Crippen LogP contribution in [0.5, 0.6) is 0 Å². The van der Waals surface area contributed by atoms with Crippen LogP contribution < -0.4 is 5.32 Å². The van der Waals surface area contributed by atoms with Crippen LogP contribution in [0.15, 0.2) is 12.3 Å². The van der Waals surface area contributed by atoms with Gasteiger partial charge in [0.25, 0.3) is 0 Å². The van der Waals surface area contributed by atoms with Gasteiger partial charge in [0.2, 0.25) is 0 Å². The van der Waals surface area contributed by atoms with Gasteiger partial charge in [0, 0.05) is 19.3 Å². The second kappa shape index (κ2) is 6.07. The van der Waals surface area contributed by atoms with E-state index in [1.165, 1.54) is 0 Å². The summed E-state index contributed by atoms with van der Waals surface area (Å²) in [5.41, 5.74) is 1.12. The zero-order valence-corrected chi connectivity index (χ0v) is 11.2. The predicted octanol–water partition coefficient (Wildman–Crippen LogP) is 1.67. The highest BCUT2D eigenvalue weighted by atomic mass is 16.3. The summed E-state index contributed by atoms with van der Waals surface area (Å²) in [6, 6.07) is 1.89. The van der Waals surface area contributed by atoms with E-state index in [0.717, 1.165) is 17.9 Å². The van der Waals surface area contributed by atoms with Crippen LogP contribution in [0, 0.1) is 12.3 Å². The molecule has 17 heavy (non-hydrogen) atoms. The topological polar surface area (TPSA) is 58.0 Å². The van der Waals surface area contributed by atoms with Crippen LogP contribution in [0.3, 0.4) is 0 Å². The molecule has 1 heterocycles. The van der Waals surface area contributed by atoms with E-state index in [4.69, 9.17) is 0 Å². The molecule has 1 aromatic rings. The van der Waals surface area contributed by atoms with Crippen molar-refractivity contribution in [1.29, 1.82) is 0 Å². The molecule has 0 aromatic carbocycles. The largest absolute Gasteiger partial charge is 0.392 e. The van der Waals surface area contributed by atoms with Crippen molar-refractivity contribution in [1.82, 2.24) is 15.3 Å². The Kier molecular flexibility index (Phi) is 5.02. The summed E-state index contributed by atoms with van der Waals surface area (Å²) in [6.45, 7) is 9.53. The minimum atomic E-state index is -0.307. The zero-order valence-electron chi connectivity index (χ0n) is 11.2. The second-order valence-electron chi connectivity index (χ2n) is 5.64. The Balaban J connectivity index is 2.28. The third-order valence-corrected chi connectivity index (χ3v) is 2.37. The molecular weight excluding hydrogens is 214 g/mol. The minimum Gasteiger partial charge on any atom is -0.392 e. The molecule has 0 amide bonds. The first-order valence-electron chi connectivity index (χ1n) is 6.04. The van der Waals surface area contributed by atoms with E-state index < -0.39 is 0 Å². The van der Waals surface area contributed by atoms with Gasteiger partial charge in [-0.05, 0) is 24.8 Å². The van der Waals surface area contributed by atoms with Gasteiger partial charge in [0.15, 0.2) is 0 Å². The third kappa shape index (κ3) is 6.34. The summed E-state index contributed by atoms with van der Waals surface area (Å²) in [5, 5.41) is 13.0. The Morgan fingerprint density at radius 2 is 2.12 bits per heavy atom. The molecule has 4 heteroatoms. The van der Waals surface area contributed by atoms with Crippen molar-refractivity contribution in [3.8, 4) is 0 Å². The molecule has 1 rings (SSSR count). The van der Waals surface area contributed by atoms with E-state index in [1.54, 1.807) is 6.20 Å². The number of aromatic nitrogens is 2. The van der Waals surface area contributed by atoms with E-state index in [2.05, 4.69) is 36.1 Å². The summed E-state index contributed by atoms with van der Waals surface area (Å²) in [7, 11) is 0. The molecule has 0 saturated heterocycles. The zero-order chi connectivity index (χ0) is 12.9. The van der Waals surface area contributed by atoms with Gasteiger partial charge in [-0.25, -0.2) is 9.97 Å². The fraction of sp³-hybridized carbons (Fsp3) is 0.692. The third-order valence-electron chi connectivity index (χ3n) is 2.37. The normalized spacial score (nSPS) is 13.7. The first kappa shape index (κ1) is 14.1. The highest BCUT2D eigenvalue weighted by Crippen LogP contribution is 2.20. The Labute approximate surface area is 103 Å². The SMILES string of the molecule is Cc1nccc(CNCC(O)CC(C)(C)C)n1. The lowest BCUT2D eigenvalue weighted by Gasteiger charge is -2.22. The van der Waals surface area contributed by atoms with Crippen molar-refractivity contribution in [3.05, 3.63) is 23.8 Å². The molecule has 0 spiro atoms. The van der Waals surface area contributed by atoms with Crippen LogP contribution in [0.2, 0.25) is 0 Å². The Bertz CT molecular complexity index is 347. The smallest absolute Gasteiger partial charge is 0.125 e. The maximum atomic E-state index is 9.82. The van der Waals surface area contributed by atoms with Crippen molar-refractivity contribution < 1.29 is 5.11 Å². The molecule has 1 atom stereocenters. The first-order chi connectivity index (χ1) is 7.87. The highest BCUT2D eigenvalue weighted by Gasteiger charge is 2.16. The number of hydrogen-bond donors (Lipinski definition) is 2. The number of nitrogens with zero attached hydrogens (tertiary/aromatic N) is 2. The van der Waals surface area contributed by atoms with Crippen LogP contribution >= 0.6 is 0 Å². The lowest BCUT2D eigenvalue weighted by molar-refractivity contribution is 0.119. The van der Waals surface area contributed by atoms with E-state index in [0.29, 0.717) is 13.1 Å². The summed E-state index contributed by atoms with van der Waals surface area (Å²) in [4.78, 5) is 8.33. The first-order valence-corrected chi connectivity index (χ1v) is 6.04. The van der Waals surface area contributed by atoms with Gasteiger partial charge >= 0.3 is 0 Å². The van der Waals surface area contributed by atoms with Gasteiger partial charge in [-0.2, -0.15) is 0 Å². The minimum absolute atomic E-state index is 0.159. The quantitative estimate of drug-likeness (QED) is 0.818. The fourth-order valence-corrected chi connectivity index (χ4v) is 1.75. The Hall–Kier alpha value is -1.00. The van der Waals surface area contributed by atoms with E-state index in [-0.39, 0.29) is 11.5 Å². The molecule has 0 saturated carbocycles. The maximum Gasteiger partial charge on any atom is 0.125 e. The Morgan fingerprint density at radius 3 is 2.71 bits per heavy atom. The summed E-state index contributed by atoms with van der Waals surface area (Å²) >= 11 is 0. The number of aryl methyl sites for hydroxylation is 1. The molecule has 4 nitrogen and oxygen atoms in total. The van der Waals surface area contributed by atoms with Gasteiger partial charge in [-0.15, -0.1) is 0 Å². The standard InChI is InChI=1S/C13H23N3O/c1-10-15-6-5-11(16-10)8-14-9-12(17)7-13(2,3)4/h5-6,12,14,17H,7-9H2,1-4H3. The van der Waals surface area contributed by atoms with Gasteiger partial charge in [-0.3, -0.25) is 0 Å². The lowest BCUT2D eigenvalue weighted by Crippen LogP contribution is -2.30. The monoisotopic (exact) mass is 237 g/mol. The molecule has 2 N–H and O–H groups in total. The van der Waals surface area contributed by atoms with Crippen LogP contribution in [0.25, 0.3) is 0 Å². The summed E-state index contributed by atoms with van der Waals surface area (Å²) < 4.78 is 0. The molecule has 0 aliphatic rings. The number of aliphatic hydroxyl groups excluding tert-OH is 1.